The molecule has 1 aromatic carbocycles. The maximum Gasteiger partial charge on any atom is 0.170 e. The predicted octanol–water partition coefficient (Wildman–Crippen LogP) is 3.02. The van der Waals surface area contributed by atoms with E-state index < -0.39 is 0 Å². The largest absolute Gasteiger partial charge is 0.360 e. The van der Waals surface area contributed by atoms with Crippen molar-refractivity contribution < 1.29 is 4.39 Å². The quantitative estimate of drug-likeness (QED) is 0.566. The average molecular weight is 252 g/mol. The van der Waals surface area contributed by atoms with Crippen molar-refractivity contribution in [3.05, 3.63) is 54.6 Å². The molecule has 5 heteroatoms. The zero-order valence-corrected chi connectivity index (χ0v) is 9.84. The number of halogens is 1. The molecule has 3 aromatic heterocycles. The monoisotopic (exact) mass is 252 g/mol. The Hall–Kier alpha value is -2.69. The van der Waals surface area contributed by atoms with E-state index in [-0.39, 0.29) is 5.82 Å². The molecule has 0 aliphatic heterocycles. The number of aromatic nitrogens is 4. The Labute approximate surface area is 107 Å². The van der Waals surface area contributed by atoms with E-state index in [2.05, 4.69) is 15.2 Å². The summed E-state index contributed by atoms with van der Waals surface area (Å²) in [5.41, 5.74) is 2.49. The van der Waals surface area contributed by atoms with Gasteiger partial charge in [-0.1, -0.05) is 6.07 Å². The van der Waals surface area contributed by atoms with Crippen molar-refractivity contribution in [3.8, 4) is 11.4 Å². The second kappa shape index (κ2) is 3.65. The summed E-state index contributed by atoms with van der Waals surface area (Å²) in [6.07, 6.45) is 3.72. The SMILES string of the molecule is Fc1ccc2[nH]cc(-c3nnc4ccccn34)c2c1. The molecule has 0 radical (unpaired) electrons. The number of benzene rings is 1. The van der Waals surface area contributed by atoms with Crippen molar-refractivity contribution in [2.45, 2.75) is 0 Å². The van der Waals surface area contributed by atoms with Crippen LogP contribution < -0.4 is 0 Å². The van der Waals surface area contributed by atoms with Gasteiger partial charge in [0.2, 0.25) is 0 Å². The lowest BCUT2D eigenvalue weighted by Gasteiger charge is -1.98. The summed E-state index contributed by atoms with van der Waals surface area (Å²) in [7, 11) is 0. The van der Waals surface area contributed by atoms with Crippen LogP contribution in [0.1, 0.15) is 0 Å². The Bertz CT molecular complexity index is 891. The molecular formula is C14H9FN4. The second-order valence-corrected chi connectivity index (χ2v) is 4.34. The number of fused-ring (bicyclic) bond motifs is 2. The van der Waals surface area contributed by atoms with Crippen LogP contribution in [0.2, 0.25) is 0 Å². The number of hydrogen-bond acceptors (Lipinski definition) is 2. The Morgan fingerprint density at radius 1 is 1.11 bits per heavy atom. The summed E-state index contributed by atoms with van der Waals surface area (Å²) in [6.45, 7) is 0. The lowest BCUT2D eigenvalue weighted by Crippen LogP contribution is -1.87. The lowest BCUT2D eigenvalue weighted by atomic mass is 10.1. The van der Waals surface area contributed by atoms with Crippen LogP contribution in [0, 0.1) is 5.82 Å². The fraction of sp³-hybridized carbons (Fsp3) is 0. The van der Waals surface area contributed by atoms with Gasteiger partial charge in [0, 0.05) is 28.9 Å². The summed E-state index contributed by atoms with van der Waals surface area (Å²) >= 11 is 0. The van der Waals surface area contributed by atoms with E-state index in [9.17, 15) is 4.39 Å². The molecule has 4 nitrogen and oxygen atoms in total. The Morgan fingerprint density at radius 2 is 2.05 bits per heavy atom. The van der Waals surface area contributed by atoms with Gasteiger partial charge >= 0.3 is 0 Å². The molecule has 0 amide bonds. The molecular weight excluding hydrogens is 243 g/mol. The topological polar surface area (TPSA) is 46.0 Å². The minimum Gasteiger partial charge on any atom is -0.360 e. The van der Waals surface area contributed by atoms with Crippen molar-refractivity contribution in [2.75, 3.05) is 0 Å². The standard InChI is InChI=1S/C14H9FN4/c15-9-4-5-12-10(7-9)11(8-16-12)14-18-17-13-3-1-2-6-19(13)14/h1-8,16H. The van der Waals surface area contributed by atoms with E-state index in [1.165, 1.54) is 12.1 Å². The molecule has 0 bridgehead atoms. The van der Waals surface area contributed by atoms with Crippen molar-refractivity contribution in [2.24, 2.45) is 0 Å². The molecule has 0 aliphatic carbocycles. The first-order valence-corrected chi connectivity index (χ1v) is 5.90. The smallest absolute Gasteiger partial charge is 0.170 e. The average Bonchev–Trinajstić information content (AvgIpc) is 3.01. The predicted molar refractivity (Wildman–Crippen MR) is 70.2 cm³/mol. The van der Waals surface area contributed by atoms with Gasteiger partial charge in [-0.3, -0.25) is 4.40 Å². The van der Waals surface area contributed by atoms with E-state index in [1.54, 1.807) is 6.07 Å². The highest BCUT2D eigenvalue weighted by molar-refractivity contribution is 5.94. The van der Waals surface area contributed by atoms with Crippen molar-refractivity contribution in [3.63, 3.8) is 0 Å². The fourth-order valence-corrected chi connectivity index (χ4v) is 2.30. The van der Waals surface area contributed by atoms with Gasteiger partial charge in [0.05, 0.1) is 0 Å². The zero-order chi connectivity index (χ0) is 12.8. The number of aromatic amines is 1. The van der Waals surface area contributed by atoms with Crippen LogP contribution in [0.15, 0.2) is 48.8 Å². The molecule has 92 valence electrons. The van der Waals surface area contributed by atoms with E-state index in [0.29, 0.717) is 5.82 Å². The number of pyridine rings is 1. The molecule has 0 aliphatic rings. The molecule has 4 aromatic rings. The Balaban J connectivity index is 2.06. The van der Waals surface area contributed by atoms with Crippen molar-refractivity contribution in [1.82, 2.24) is 19.6 Å². The van der Waals surface area contributed by atoms with E-state index in [1.807, 2.05) is 35.0 Å². The highest BCUT2D eigenvalue weighted by Crippen LogP contribution is 2.28. The third kappa shape index (κ3) is 1.45. The first-order chi connectivity index (χ1) is 9.33. The summed E-state index contributed by atoms with van der Waals surface area (Å²) in [5.74, 6) is 0.439. The summed E-state index contributed by atoms with van der Waals surface area (Å²) in [6, 6.07) is 10.4. The van der Waals surface area contributed by atoms with Gasteiger partial charge in [0.25, 0.3) is 0 Å². The fourth-order valence-electron chi connectivity index (χ4n) is 2.30. The van der Waals surface area contributed by atoms with Crippen LogP contribution in [-0.2, 0) is 0 Å². The second-order valence-electron chi connectivity index (χ2n) is 4.34. The van der Waals surface area contributed by atoms with E-state index >= 15 is 0 Å². The first kappa shape index (κ1) is 10.3. The molecule has 0 atom stereocenters. The van der Waals surface area contributed by atoms with Crippen molar-refractivity contribution >= 4 is 16.6 Å². The number of H-pyrrole nitrogens is 1. The van der Waals surface area contributed by atoms with Crippen LogP contribution in [0.25, 0.3) is 27.9 Å². The van der Waals surface area contributed by atoms with Crippen LogP contribution in [0.5, 0.6) is 0 Å². The van der Waals surface area contributed by atoms with Crippen LogP contribution >= 0.6 is 0 Å². The molecule has 19 heavy (non-hydrogen) atoms. The molecule has 3 heterocycles. The number of nitrogens with one attached hydrogen (secondary N) is 1. The van der Waals surface area contributed by atoms with Gasteiger partial charge in [-0.05, 0) is 30.3 Å². The van der Waals surface area contributed by atoms with Crippen LogP contribution in [-0.4, -0.2) is 19.6 Å². The molecule has 0 saturated carbocycles. The van der Waals surface area contributed by atoms with Gasteiger partial charge in [-0.15, -0.1) is 10.2 Å². The van der Waals surface area contributed by atoms with Gasteiger partial charge in [-0.2, -0.15) is 0 Å². The maximum atomic E-state index is 13.4. The van der Waals surface area contributed by atoms with Gasteiger partial charge in [-0.25, -0.2) is 4.39 Å². The summed E-state index contributed by atoms with van der Waals surface area (Å²) in [5, 5.41) is 9.10. The molecule has 1 N–H and O–H groups in total. The summed E-state index contributed by atoms with van der Waals surface area (Å²) in [4.78, 5) is 3.12. The number of rotatable bonds is 1. The number of hydrogen-bond donors (Lipinski definition) is 1. The van der Waals surface area contributed by atoms with Gasteiger partial charge in [0.15, 0.2) is 11.5 Å². The van der Waals surface area contributed by atoms with E-state index in [0.717, 1.165) is 22.1 Å². The Morgan fingerprint density at radius 3 is 3.00 bits per heavy atom. The Kier molecular flexibility index (Phi) is 1.97. The highest BCUT2D eigenvalue weighted by atomic mass is 19.1. The lowest BCUT2D eigenvalue weighted by molar-refractivity contribution is 0.630. The minimum atomic E-state index is -0.262. The van der Waals surface area contributed by atoms with Gasteiger partial charge in [0.1, 0.15) is 5.82 Å². The molecule has 0 fully saturated rings. The van der Waals surface area contributed by atoms with Gasteiger partial charge < -0.3 is 4.98 Å². The summed E-state index contributed by atoms with van der Waals surface area (Å²) < 4.78 is 15.3. The molecule has 4 rings (SSSR count). The number of nitrogens with zero attached hydrogens (tertiary/aromatic N) is 3. The first-order valence-electron chi connectivity index (χ1n) is 5.90. The third-order valence-electron chi connectivity index (χ3n) is 3.20. The molecule has 0 spiro atoms. The highest BCUT2D eigenvalue weighted by Gasteiger charge is 2.12. The van der Waals surface area contributed by atoms with Crippen LogP contribution in [0.4, 0.5) is 4.39 Å². The van der Waals surface area contributed by atoms with E-state index in [4.69, 9.17) is 0 Å². The van der Waals surface area contributed by atoms with Crippen molar-refractivity contribution in [1.29, 1.82) is 0 Å². The molecule has 0 unspecified atom stereocenters. The van der Waals surface area contributed by atoms with Crippen LogP contribution in [0.3, 0.4) is 0 Å². The third-order valence-corrected chi connectivity index (χ3v) is 3.20. The normalized spacial score (nSPS) is 11.4. The zero-order valence-electron chi connectivity index (χ0n) is 9.84. The molecule has 0 saturated heterocycles. The maximum absolute atomic E-state index is 13.4. The minimum absolute atomic E-state index is 0.262.